The molecule has 0 amide bonds. The lowest BCUT2D eigenvalue weighted by Crippen LogP contribution is -2.14. The van der Waals surface area contributed by atoms with Crippen molar-refractivity contribution in [2.45, 2.75) is 25.4 Å². The molecule has 1 atom stereocenters. The van der Waals surface area contributed by atoms with Gasteiger partial charge in [0.25, 0.3) is 0 Å². The van der Waals surface area contributed by atoms with Gasteiger partial charge in [-0.2, -0.15) is 0 Å². The van der Waals surface area contributed by atoms with Gasteiger partial charge in [-0.1, -0.05) is 0 Å². The quantitative estimate of drug-likeness (QED) is 0.831. The van der Waals surface area contributed by atoms with Crippen LogP contribution in [0.15, 0.2) is 35.2 Å². The Morgan fingerprint density at radius 2 is 2.44 bits per heavy atom. The van der Waals surface area contributed by atoms with Crippen molar-refractivity contribution in [3.8, 4) is 0 Å². The van der Waals surface area contributed by atoms with Gasteiger partial charge in [-0.3, -0.25) is 0 Å². The third-order valence-electron chi connectivity index (χ3n) is 2.64. The van der Waals surface area contributed by atoms with Crippen LogP contribution in [0, 0.1) is 0 Å². The number of aliphatic hydroxyl groups is 1. The summed E-state index contributed by atoms with van der Waals surface area (Å²) in [5.74, 6) is 1.82. The Hall–Kier alpha value is -1.55. The van der Waals surface area contributed by atoms with Gasteiger partial charge in [-0.15, -0.1) is 0 Å². The van der Waals surface area contributed by atoms with Gasteiger partial charge >= 0.3 is 0 Å². The number of rotatable bonds is 5. The van der Waals surface area contributed by atoms with Crippen molar-refractivity contribution >= 4 is 0 Å². The fourth-order valence-corrected chi connectivity index (χ4v) is 1.67. The zero-order valence-corrected chi connectivity index (χ0v) is 9.34. The topological polar surface area (TPSA) is 51.2 Å². The van der Waals surface area contributed by atoms with Crippen molar-refractivity contribution in [1.29, 1.82) is 0 Å². The van der Waals surface area contributed by atoms with Crippen LogP contribution in [-0.2, 0) is 19.9 Å². The fourth-order valence-electron chi connectivity index (χ4n) is 1.67. The van der Waals surface area contributed by atoms with E-state index in [4.69, 9.17) is 4.42 Å². The minimum absolute atomic E-state index is 0.369. The highest BCUT2D eigenvalue weighted by molar-refractivity contribution is 4.99. The van der Waals surface area contributed by atoms with Gasteiger partial charge in [0.05, 0.1) is 12.4 Å². The largest absolute Gasteiger partial charge is 0.469 e. The molecule has 0 bridgehead atoms. The van der Waals surface area contributed by atoms with Crippen LogP contribution >= 0.6 is 0 Å². The maximum Gasteiger partial charge on any atom is 0.110 e. The van der Waals surface area contributed by atoms with Crippen LogP contribution in [0.25, 0.3) is 0 Å². The number of imidazole rings is 1. The molecular formula is C12H16N2O2. The Morgan fingerprint density at radius 1 is 1.56 bits per heavy atom. The van der Waals surface area contributed by atoms with Gasteiger partial charge < -0.3 is 14.1 Å². The van der Waals surface area contributed by atoms with E-state index in [0.717, 1.165) is 18.0 Å². The van der Waals surface area contributed by atoms with Gasteiger partial charge in [-0.05, 0) is 18.6 Å². The van der Waals surface area contributed by atoms with Crippen molar-refractivity contribution in [2.75, 3.05) is 0 Å². The molecule has 2 aromatic rings. The van der Waals surface area contributed by atoms with Crippen molar-refractivity contribution < 1.29 is 9.52 Å². The van der Waals surface area contributed by atoms with Crippen LogP contribution in [0.4, 0.5) is 0 Å². The lowest BCUT2D eigenvalue weighted by molar-refractivity contribution is 0.159. The fraction of sp³-hybridized carbons (Fsp3) is 0.417. The summed E-state index contributed by atoms with van der Waals surface area (Å²) < 4.78 is 7.14. The van der Waals surface area contributed by atoms with Crippen LogP contribution < -0.4 is 0 Å². The lowest BCUT2D eigenvalue weighted by atomic mass is 10.1. The summed E-state index contributed by atoms with van der Waals surface area (Å²) in [5, 5.41) is 9.85. The third-order valence-corrected chi connectivity index (χ3v) is 2.64. The minimum Gasteiger partial charge on any atom is -0.469 e. The first-order valence-electron chi connectivity index (χ1n) is 5.42. The van der Waals surface area contributed by atoms with Crippen LogP contribution in [0.1, 0.15) is 18.0 Å². The van der Waals surface area contributed by atoms with Crippen LogP contribution in [0.3, 0.4) is 0 Å². The molecule has 0 spiro atoms. The number of furan rings is 1. The molecule has 4 heteroatoms. The summed E-state index contributed by atoms with van der Waals surface area (Å²) in [6.45, 7) is 0. The average Bonchev–Trinajstić information content (AvgIpc) is 2.88. The van der Waals surface area contributed by atoms with E-state index in [0.29, 0.717) is 12.8 Å². The number of aromatic nitrogens is 2. The van der Waals surface area contributed by atoms with Crippen molar-refractivity contribution in [2.24, 2.45) is 7.05 Å². The highest BCUT2D eigenvalue weighted by atomic mass is 16.3. The summed E-state index contributed by atoms with van der Waals surface area (Å²) in [6, 6.07) is 3.79. The van der Waals surface area contributed by atoms with E-state index in [1.165, 1.54) is 0 Å². The molecule has 0 aromatic carbocycles. The molecular weight excluding hydrogens is 204 g/mol. The van der Waals surface area contributed by atoms with E-state index in [-0.39, 0.29) is 6.10 Å². The Labute approximate surface area is 94.5 Å². The summed E-state index contributed by atoms with van der Waals surface area (Å²) in [6.07, 6.45) is 6.96. The maximum atomic E-state index is 9.85. The summed E-state index contributed by atoms with van der Waals surface area (Å²) in [7, 11) is 1.93. The smallest absolute Gasteiger partial charge is 0.110 e. The molecule has 0 aliphatic heterocycles. The number of hydrogen-bond donors (Lipinski definition) is 1. The molecule has 16 heavy (non-hydrogen) atoms. The predicted octanol–water partition coefficient (Wildman–Crippen LogP) is 1.55. The van der Waals surface area contributed by atoms with Crippen molar-refractivity contribution in [3.05, 3.63) is 42.4 Å². The van der Waals surface area contributed by atoms with Gasteiger partial charge in [0.2, 0.25) is 0 Å². The second-order valence-electron chi connectivity index (χ2n) is 3.93. The lowest BCUT2D eigenvalue weighted by Gasteiger charge is -2.09. The molecule has 1 N–H and O–H groups in total. The van der Waals surface area contributed by atoms with Crippen molar-refractivity contribution in [3.63, 3.8) is 0 Å². The van der Waals surface area contributed by atoms with Crippen molar-refractivity contribution in [1.82, 2.24) is 9.55 Å². The Morgan fingerprint density at radius 3 is 3.06 bits per heavy atom. The zero-order valence-electron chi connectivity index (χ0n) is 9.34. The number of aliphatic hydroxyl groups excluding tert-OH is 1. The maximum absolute atomic E-state index is 9.85. The first kappa shape index (κ1) is 11.0. The molecule has 0 saturated heterocycles. The summed E-state index contributed by atoms with van der Waals surface area (Å²) >= 11 is 0. The molecule has 2 aromatic heterocycles. The van der Waals surface area contributed by atoms with E-state index in [1.54, 1.807) is 12.5 Å². The first-order valence-corrected chi connectivity index (χ1v) is 5.42. The Kier molecular flexibility index (Phi) is 3.41. The standard InChI is InChI=1S/C12H16N2O2/c1-14-7-6-13-12(14)9-10(15)4-5-11-3-2-8-16-11/h2-3,6-8,10,15H,4-5,9H2,1H3. The molecule has 2 heterocycles. The molecule has 0 fully saturated rings. The van der Waals surface area contributed by atoms with Crippen LogP contribution in [0.5, 0.6) is 0 Å². The number of nitrogens with zero attached hydrogens (tertiary/aromatic N) is 2. The van der Waals surface area contributed by atoms with Crippen LogP contribution in [-0.4, -0.2) is 20.8 Å². The molecule has 1 unspecified atom stereocenters. The monoisotopic (exact) mass is 220 g/mol. The average molecular weight is 220 g/mol. The van der Waals surface area contributed by atoms with Gasteiger partial charge in [-0.25, -0.2) is 4.98 Å². The predicted molar refractivity (Wildman–Crippen MR) is 59.9 cm³/mol. The van der Waals surface area contributed by atoms with E-state index < -0.39 is 0 Å². The Balaban J connectivity index is 1.81. The molecule has 0 radical (unpaired) electrons. The molecule has 2 rings (SSSR count). The molecule has 86 valence electrons. The second kappa shape index (κ2) is 4.99. The minimum atomic E-state index is -0.369. The Bertz CT molecular complexity index is 420. The highest BCUT2D eigenvalue weighted by Crippen LogP contribution is 2.09. The van der Waals surface area contributed by atoms with E-state index in [1.807, 2.05) is 29.9 Å². The van der Waals surface area contributed by atoms with Gasteiger partial charge in [0.1, 0.15) is 11.6 Å². The molecule has 0 aliphatic carbocycles. The molecule has 4 nitrogen and oxygen atoms in total. The van der Waals surface area contributed by atoms with E-state index in [9.17, 15) is 5.11 Å². The first-order chi connectivity index (χ1) is 7.75. The van der Waals surface area contributed by atoms with Gasteiger partial charge in [0.15, 0.2) is 0 Å². The SMILES string of the molecule is Cn1ccnc1CC(O)CCc1ccco1. The highest BCUT2D eigenvalue weighted by Gasteiger charge is 2.09. The second-order valence-corrected chi connectivity index (χ2v) is 3.93. The van der Waals surface area contributed by atoms with E-state index in [2.05, 4.69) is 4.98 Å². The zero-order chi connectivity index (χ0) is 11.4. The number of aryl methyl sites for hydroxylation is 2. The van der Waals surface area contributed by atoms with Gasteiger partial charge in [0, 0.05) is 32.3 Å². The summed E-state index contributed by atoms with van der Waals surface area (Å²) in [4.78, 5) is 4.18. The normalized spacial score (nSPS) is 12.9. The molecule has 0 aliphatic rings. The van der Waals surface area contributed by atoms with E-state index >= 15 is 0 Å². The van der Waals surface area contributed by atoms with Crippen LogP contribution in [0.2, 0.25) is 0 Å². The number of hydrogen-bond acceptors (Lipinski definition) is 3. The molecule has 0 saturated carbocycles. The summed E-state index contributed by atoms with van der Waals surface area (Å²) in [5.41, 5.74) is 0. The third kappa shape index (κ3) is 2.73.